The fourth-order valence-electron chi connectivity index (χ4n) is 1.12. The molecule has 0 spiro atoms. The Morgan fingerprint density at radius 3 is 2.79 bits per heavy atom. The maximum atomic E-state index is 10.5. The van der Waals surface area contributed by atoms with Crippen molar-refractivity contribution >= 4 is 17.3 Å². The first-order valence-corrected chi connectivity index (χ1v) is 4.50. The Balaban J connectivity index is 3.20. The number of halogens is 1. The molecular weight excluding hydrogens is 202 g/mol. The number of non-ortho nitro benzene ring substituents is 1. The first-order valence-electron chi connectivity index (χ1n) is 4.12. The van der Waals surface area contributed by atoms with Crippen LogP contribution in [0, 0.1) is 10.1 Å². The lowest BCUT2D eigenvalue weighted by Crippen LogP contribution is -1.94. The van der Waals surface area contributed by atoms with E-state index in [1.54, 1.807) is 6.08 Å². The Hall–Kier alpha value is -1.35. The summed E-state index contributed by atoms with van der Waals surface area (Å²) in [4.78, 5) is 10.1. The summed E-state index contributed by atoms with van der Waals surface area (Å²) >= 11 is 5.90. The lowest BCUT2D eigenvalue weighted by atomic mass is 10.0. The van der Waals surface area contributed by atoms with E-state index in [9.17, 15) is 10.1 Å². The maximum Gasteiger partial charge on any atom is 0.269 e. The van der Waals surface area contributed by atoms with Crippen LogP contribution in [0.1, 0.15) is 18.4 Å². The number of hydrogen-bond donors (Lipinski definition) is 0. The number of nitrogens with zero attached hydrogens (tertiary/aromatic N) is 1. The topological polar surface area (TPSA) is 43.1 Å². The summed E-state index contributed by atoms with van der Waals surface area (Å²) in [6.45, 7) is 5.51. The van der Waals surface area contributed by atoms with Crippen molar-refractivity contribution in [1.82, 2.24) is 0 Å². The van der Waals surface area contributed by atoms with Gasteiger partial charge in [-0.25, -0.2) is 0 Å². The molecule has 3 nitrogen and oxygen atoms in total. The molecule has 14 heavy (non-hydrogen) atoms. The van der Waals surface area contributed by atoms with Crippen LogP contribution in [-0.4, -0.2) is 4.92 Å². The lowest BCUT2D eigenvalue weighted by molar-refractivity contribution is -0.384. The van der Waals surface area contributed by atoms with Crippen molar-refractivity contribution in [2.45, 2.75) is 12.8 Å². The van der Waals surface area contributed by atoms with E-state index in [4.69, 9.17) is 11.6 Å². The second-order valence-electron chi connectivity index (χ2n) is 2.99. The second kappa shape index (κ2) is 4.24. The van der Waals surface area contributed by atoms with Gasteiger partial charge in [-0.15, -0.1) is 6.58 Å². The standard InChI is InChI=1S/C10H10ClNO2/c1-3-7(2)9-6-8(12(13)14)4-5-10(9)11/h3-7H,1H2,2H3. The van der Waals surface area contributed by atoms with Gasteiger partial charge in [0.2, 0.25) is 0 Å². The predicted octanol–water partition coefficient (Wildman–Crippen LogP) is 3.54. The van der Waals surface area contributed by atoms with Crippen LogP contribution < -0.4 is 0 Å². The second-order valence-corrected chi connectivity index (χ2v) is 3.39. The van der Waals surface area contributed by atoms with Crippen molar-refractivity contribution in [2.75, 3.05) is 0 Å². The molecular formula is C10H10ClNO2. The van der Waals surface area contributed by atoms with Crippen molar-refractivity contribution in [3.05, 3.63) is 51.6 Å². The van der Waals surface area contributed by atoms with E-state index in [2.05, 4.69) is 6.58 Å². The third-order valence-electron chi connectivity index (χ3n) is 2.03. The van der Waals surface area contributed by atoms with Crippen LogP contribution in [0.15, 0.2) is 30.9 Å². The van der Waals surface area contributed by atoms with Crippen LogP contribution in [0.2, 0.25) is 5.02 Å². The average Bonchev–Trinajstić information content (AvgIpc) is 2.17. The summed E-state index contributed by atoms with van der Waals surface area (Å²) in [5.41, 5.74) is 0.786. The number of benzene rings is 1. The highest BCUT2D eigenvalue weighted by Crippen LogP contribution is 2.28. The van der Waals surface area contributed by atoms with Gasteiger partial charge < -0.3 is 0 Å². The van der Waals surface area contributed by atoms with Gasteiger partial charge in [0.15, 0.2) is 0 Å². The molecule has 0 heterocycles. The summed E-state index contributed by atoms with van der Waals surface area (Å²) in [5.74, 6) is 0.0161. The largest absolute Gasteiger partial charge is 0.269 e. The summed E-state index contributed by atoms with van der Waals surface area (Å²) < 4.78 is 0. The predicted molar refractivity (Wildman–Crippen MR) is 56.7 cm³/mol. The van der Waals surface area contributed by atoms with Crippen molar-refractivity contribution < 1.29 is 4.92 Å². The third kappa shape index (κ3) is 2.12. The Morgan fingerprint density at radius 2 is 2.29 bits per heavy atom. The molecule has 0 aliphatic carbocycles. The zero-order valence-electron chi connectivity index (χ0n) is 7.74. The monoisotopic (exact) mass is 211 g/mol. The average molecular weight is 212 g/mol. The van der Waals surface area contributed by atoms with E-state index >= 15 is 0 Å². The molecule has 0 saturated heterocycles. The number of hydrogen-bond acceptors (Lipinski definition) is 2. The summed E-state index contributed by atoms with van der Waals surface area (Å²) in [7, 11) is 0. The number of nitro benzene ring substituents is 1. The molecule has 0 amide bonds. The first-order chi connectivity index (χ1) is 6.56. The van der Waals surface area contributed by atoms with E-state index in [1.807, 2.05) is 6.92 Å². The minimum Gasteiger partial charge on any atom is -0.258 e. The van der Waals surface area contributed by atoms with Gasteiger partial charge in [-0.1, -0.05) is 24.6 Å². The Morgan fingerprint density at radius 1 is 1.64 bits per heavy atom. The van der Waals surface area contributed by atoms with Crippen LogP contribution in [-0.2, 0) is 0 Å². The summed E-state index contributed by atoms with van der Waals surface area (Å²) in [5, 5.41) is 11.0. The highest BCUT2D eigenvalue weighted by molar-refractivity contribution is 6.31. The van der Waals surface area contributed by atoms with Gasteiger partial charge in [0.05, 0.1) is 4.92 Å². The molecule has 0 N–H and O–H groups in total. The molecule has 0 aliphatic heterocycles. The van der Waals surface area contributed by atoms with Crippen molar-refractivity contribution in [2.24, 2.45) is 0 Å². The zero-order chi connectivity index (χ0) is 10.7. The lowest BCUT2D eigenvalue weighted by Gasteiger charge is -2.07. The molecule has 74 valence electrons. The SMILES string of the molecule is C=CC(C)c1cc([N+](=O)[O-])ccc1Cl. The number of allylic oxidation sites excluding steroid dienone is 1. The van der Waals surface area contributed by atoms with Gasteiger partial charge >= 0.3 is 0 Å². The third-order valence-corrected chi connectivity index (χ3v) is 2.38. The van der Waals surface area contributed by atoms with Gasteiger partial charge in [-0.05, 0) is 11.6 Å². The van der Waals surface area contributed by atoms with Crippen LogP contribution in [0.25, 0.3) is 0 Å². The fourth-order valence-corrected chi connectivity index (χ4v) is 1.41. The quantitative estimate of drug-likeness (QED) is 0.436. The molecule has 0 saturated carbocycles. The molecule has 4 heteroatoms. The molecule has 0 radical (unpaired) electrons. The highest BCUT2D eigenvalue weighted by atomic mass is 35.5. The van der Waals surface area contributed by atoms with Crippen molar-refractivity contribution in [1.29, 1.82) is 0 Å². The van der Waals surface area contributed by atoms with Gasteiger partial charge in [0.25, 0.3) is 5.69 Å². The number of rotatable bonds is 3. The van der Waals surface area contributed by atoms with E-state index in [-0.39, 0.29) is 11.6 Å². The van der Waals surface area contributed by atoms with E-state index in [0.717, 1.165) is 5.56 Å². The first kappa shape index (κ1) is 10.7. The molecule has 1 atom stereocenters. The van der Waals surface area contributed by atoms with E-state index in [1.165, 1.54) is 18.2 Å². The molecule has 1 aromatic carbocycles. The van der Waals surface area contributed by atoms with Crippen molar-refractivity contribution in [3.8, 4) is 0 Å². The maximum absolute atomic E-state index is 10.5. The molecule has 0 bridgehead atoms. The van der Waals surface area contributed by atoms with Gasteiger partial charge in [0, 0.05) is 23.1 Å². The van der Waals surface area contributed by atoms with E-state index < -0.39 is 4.92 Å². The molecule has 0 fully saturated rings. The molecule has 1 aromatic rings. The fraction of sp³-hybridized carbons (Fsp3) is 0.200. The number of nitro groups is 1. The molecule has 1 rings (SSSR count). The van der Waals surface area contributed by atoms with Gasteiger partial charge in [0.1, 0.15) is 0 Å². The van der Waals surface area contributed by atoms with Gasteiger partial charge in [-0.2, -0.15) is 0 Å². The summed E-state index contributed by atoms with van der Waals surface area (Å²) in [6.07, 6.45) is 1.70. The Bertz CT molecular complexity index is 376. The zero-order valence-corrected chi connectivity index (χ0v) is 8.49. The molecule has 0 aliphatic rings. The summed E-state index contributed by atoms with van der Waals surface area (Å²) in [6, 6.07) is 4.41. The molecule has 1 unspecified atom stereocenters. The van der Waals surface area contributed by atoms with Crippen molar-refractivity contribution in [3.63, 3.8) is 0 Å². The Labute approximate surface area is 87.2 Å². The highest BCUT2D eigenvalue weighted by Gasteiger charge is 2.12. The van der Waals surface area contributed by atoms with Crippen LogP contribution in [0.4, 0.5) is 5.69 Å². The van der Waals surface area contributed by atoms with Crippen LogP contribution in [0.3, 0.4) is 0 Å². The Kier molecular flexibility index (Phi) is 3.25. The van der Waals surface area contributed by atoms with Crippen LogP contribution >= 0.6 is 11.6 Å². The van der Waals surface area contributed by atoms with Crippen LogP contribution in [0.5, 0.6) is 0 Å². The van der Waals surface area contributed by atoms with Gasteiger partial charge in [-0.3, -0.25) is 10.1 Å². The molecule has 0 aromatic heterocycles. The minimum absolute atomic E-state index is 0.0161. The smallest absolute Gasteiger partial charge is 0.258 e. The normalized spacial score (nSPS) is 12.1. The van der Waals surface area contributed by atoms with E-state index in [0.29, 0.717) is 5.02 Å². The minimum atomic E-state index is -0.435.